The second-order valence-corrected chi connectivity index (χ2v) is 11.0. The lowest BCUT2D eigenvalue weighted by molar-refractivity contribution is -0.386. The third-order valence-corrected chi connectivity index (χ3v) is 7.08. The summed E-state index contributed by atoms with van der Waals surface area (Å²) in [6.07, 6.45) is 2.78. The number of carboxylic acid groups (broad SMARTS) is 1. The molecule has 2 saturated heterocycles. The van der Waals surface area contributed by atoms with Crippen LogP contribution in [0.3, 0.4) is 0 Å². The number of ether oxygens (including phenoxy) is 3. The highest BCUT2D eigenvalue weighted by atomic mass is 16.6. The lowest BCUT2D eigenvalue weighted by Gasteiger charge is -2.43. The maximum atomic E-state index is 12.7. The molecule has 0 bridgehead atoms. The van der Waals surface area contributed by atoms with Gasteiger partial charge in [-0.15, -0.1) is 0 Å². The molecule has 2 atom stereocenters. The number of methoxy groups -OCH3 is 1. The summed E-state index contributed by atoms with van der Waals surface area (Å²) >= 11 is 0. The van der Waals surface area contributed by atoms with E-state index in [1.54, 1.807) is 20.8 Å². The number of nitro groups is 1. The Morgan fingerprint density at radius 1 is 1.19 bits per heavy atom. The molecular weight excluding hydrogens is 482 g/mol. The van der Waals surface area contributed by atoms with Crippen LogP contribution in [0.5, 0.6) is 11.5 Å². The fraction of sp³-hybridized carbons (Fsp3) is 0.692. The molecule has 11 nitrogen and oxygen atoms in total. The maximum Gasteiger partial charge on any atom is 0.410 e. The first-order valence-electron chi connectivity index (χ1n) is 12.8. The Bertz CT molecular complexity index is 1000. The van der Waals surface area contributed by atoms with Gasteiger partial charge in [-0.3, -0.25) is 14.9 Å². The molecule has 0 saturated carbocycles. The van der Waals surface area contributed by atoms with Gasteiger partial charge in [0.05, 0.1) is 30.1 Å². The molecule has 0 aliphatic carbocycles. The average molecular weight is 522 g/mol. The number of amides is 1. The van der Waals surface area contributed by atoms with Crippen molar-refractivity contribution in [2.45, 2.75) is 64.9 Å². The molecular formula is C26H39N3O8. The van der Waals surface area contributed by atoms with Crippen molar-refractivity contribution >= 4 is 17.7 Å². The van der Waals surface area contributed by atoms with E-state index in [0.717, 1.165) is 26.1 Å². The molecule has 206 valence electrons. The molecule has 2 aliphatic heterocycles. The van der Waals surface area contributed by atoms with Crippen LogP contribution in [0, 0.1) is 15.5 Å². The molecule has 0 radical (unpaired) electrons. The second-order valence-electron chi connectivity index (χ2n) is 11.0. The van der Waals surface area contributed by atoms with E-state index in [9.17, 15) is 24.8 Å². The minimum absolute atomic E-state index is 0.143. The van der Waals surface area contributed by atoms with Crippen LogP contribution in [0.15, 0.2) is 12.1 Å². The maximum absolute atomic E-state index is 12.7. The van der Waals surface area contributed by atoms with Gasteiger partial charge in [-0.1, -0.05) is 0 Å². The van der Waals surface area contributed by atoms with E-state index in [1.807, 2.05) is 0 Å². The van der Waals surface area contributed by atoms with Gasteiger partial charge in [-0.2, -0.15) is 0 Å². The highest BCUT2D eigenvalue weighted by Gasteiger charge is 2.50. The van der Waals surface area contributed by atoms with Gasteiger partial charge in [0.25, 0.3) is 5.69 Å². The van der Waals surface area contributed by atoms with Crippen molar-refractivity contribution in [2.75, 3.05) is 46.4 Å². The Kier molecular flexibility index (Phi) is 8.88. The molecule has 2 unspecified atom stereocenters. The Hall–Kier alpha value is -3.08. The van der Waals surface area contributed by atoms with Crippen molar-refractivity contribution < 1.29 is 33.8 Å². The fourth-order valence-corrected chi connectivity index (χ4v) is 5.14. The van der Waals surface area contributed by atoms with Crippen molar-refractivity contribution in [3.8, 4) is 11.5 Å². The number of carbonyl (C=O) groups is 2. The lowest BCUT2D eigenvalue weighted by Crippen LogP contribution is -2.53. The third kappa shape index (κ3) is 6.82. The van der Waals surface area contributed by atoms with Crippen molar-refractivity contribution in [1.29, 1.82) is 0 Å². The molecule has 37 heavy (non-hydrogen) atoms. The van der Waals surface area contributed by atoms with Crippen LogP contribution in [0.1, 0.15) is 64.9 Å². The minimum atomic E-state index is -1.48. The first-order valence-corrected chi connectivity index (χ1v) is 12.8. The zero-order chi connectivity index (χ0) is 27.4. The molecule has 2 fully saturated rings. The van der Waals surface area contributed by atoms with Gasteiger partial charge in [0.2, 0.25) is 0 Å². The fourth-order valence-electron chi connectivity index (χ4n) is 5.14. The molecule has 3 rings (SSSR count). The van der Waals surface area contributed by atoms with E-state index in [-0.39, 0.29) is 36.5 Å². The van der Waals surface area contributed by atoms with Gasteiger partial charge in [0, 0.05) is 31.1 Å². The first-order chi connectivity index (χ1) is 17.4. The molecule has 1 amide bonds. The smallest absolute Gasteiger partial charge is 0.410 e. The van der Waals surface area contributed by atoms with Gasteiger partial charge < -0.3 is 29.1 Å². The Morgan fingerprint density at radius 2 is 1.86 bits per heavy atom. The molecule has 2 heterocycles. The summed E-state index contributed by atoms with van der Waals surface area (Å²) in [7, 11) is 1.45. The average Bonchev–Trinajstić information content (AvgIpc) is 3.33. The van der Waals surface area contributed by atoms with Crippen LogP contribution >= 0.6 is 0 Å². The topological polar surface area (TPSA) is 132 Å². The number of hydrogen-bond donors (Lipinski definition) is 1. The van der Waals surface area contributed by atoms with Crippen LogP contribution in [-0.2, 0) is 9.53 Å². The summed E-state index contributed by atoms with van der Waals surface area (Å²) in [5, 5.41) is 22.3. The number of nitrogens with zero attached hydrogens (tertiary/aromatic N) is 3. The van der Waals surface area contributed by atoms with Gasteiger partial charge in [0.1, 0.15) is 5.60 Å². The van der Waals surface area contributed by atoms with Crippen molar-refractivity contribution in [3.63, 3.8) is 0 Å². The van der Waals surface area contributed by atoms with Gasteiger partial charge >= 0.3 is 12.1 Å². The lowest BCUT2D eigenvalue weighted by atomic mass is 9.68. The number of carbonyl (C=O) groups excluding carboxylic acids is 1. The first kappa shape index (κ1) is 28.5. The summed E-state index contributed by atoms with van der Waals surface area (Å²) in [6.45, 7) is 10.2. The van der Waals surface area contributed by atoms with Crippen LogP contribution in [0.2, 0.25) is 0 Å². The molecule has 0 aromatic heterocycles. The Balaban J connectivity index is 1.85. The number of rotatable bonds is 9. The number of carboxylic acids is 1. The highest BCUT2D eigenvalue weighted by Crippen LogP contribution is 2.48. The van der Waals surface area contributed by atoms with Crippen LogP contribution in [0.25, 0.3) is 0 Å². The Morgan fingerprint density at radius 3 is 2.43 bits per heavy atom. The zero-order valence-electron chi connectivity index (χ0n) is 22.4. The van der Waals surface area contributed by atoms with E-state index < -0.39 is 33.9 Å². The van der Waals surface area contributed by atoms with Gasteiger partial charge in [-0.25, -0.2) is 4.79 Å². The quantitative estimate of drug-likeness (QED) is 0.287. The monoisotopic (exact) mass is 521 g/mol. The van der Waals surface area contributed by atoms with E-state index >= 15 is 0 Å². The SMILES string of the molecule is COc1cc(C2CCN(C(=O)OC(C)(C)C)CC2(C)C(=O)O)c([N+](=O)[O-])cc1OCCCN1CCCC1. The summed E-state index contributed by atoms with van der Waals surface area (Å²) in [6, 6.07) is 2.84. The normalized spacial score (nSPS) is 22.5. The Labute approximate surface area is 217 Å². The van der Waals surface area contributed by atoms with E-state index in [4.69, 9.17) is 14.2 Å². The third-order valence-electron chi connectivity index (χ3n) is 7.08. The summed E-state index contributed by atoms with van der Waals surface area (Å²) in [5.74, 6) is -1.32. The van der Waals surface area contributed by atoms with Crippen LogP contribution in [0.4, 0.5) is 10.5 Å². The molecule has 1 aromatic rings. The van der Waals surface area contributed by atoms with Gasteiger partial charge in [0.15, 0.2) is 11.5 Å². The largest absolute Gasteiger partial charge is 0.493 e. The van der Waals surface area contributed by atoms with Crippen molar-refractivity contribution in [2.24, 2.45) is 5.41 Å². The van der Waals surface area contributed by atoms with Crippen LogP contribution < -0.4 is 9.47 Å². The number of nitro benzene ring substituents is 1. The number of benzene rings is 1. The molecule has 0 spiro atoms. The predicted molar refractivity (Wildman–Crippen MR) is 136 cm³/mol. The predicted octanol–water partition coefficient (Wildman–Crippen LogP) is 4.28. The van der Waals surface area contributed by atoms with Gasteiger partial charge in [-0.05, 0) is 72.5 Å². The number of aliphatic carboxylic acids is 1. The van der Waals surface area contributed by atoms with Crippen molar-refractivity contribution in [3.05, 3.63) is 27.8 Å². The van der Waals surface area contributed by atoms with E-state index in [1.165, 1.54) is 43.9 Å². The molecule has 2 aliphatic rings. The second kappa shape index (κ2) is 11.5. The molecule has 1 aromatic carbocycles. The highest BCUT2D eigenvalue weighted by molar-refractivity contribution is 5.79. The summed E-state index contributed by atoms with van der Waals surface area (Å²) < 4.78 is 16.8. The van der Waals surface area contributed by atoms with E-state index in [2.05, 4.69) is 4.90 Å². The summed E-state index contributed by atoms with van der Waals surface area (Å²) in [5.41, 5.74) is -2.19. The number of likely N-dealkylation sites (tertiary alicyclic amines) is 2. The van der Waals surface area contributed by atoms with Crippen LogP contribution in [-0.4, -0.2) is 83.9 Å². The van der Waals surface area contributed by atoms with E-state index in [0.29, 0.717) is 12.4 Å². The zero-order valence-corrected chi connectivity index (χ0v) is 22.4. The number of piperidine rings is 1. The standard InChI is InChI=1S/C26H39N3O8/c1-25(2,3)37-24(32)28-13-9-19(26(4,17-28)23(30)31)18-15-21(35-5)22(16-20(18)29(33)34)36-14-8-12-27-10-6-7-11-27/h15-16,19H,6-14,17H2,1-5H3,(H,30,31). The molecule has 1 N–H and O–H groups in total. The van der Waals surface area contributed by atoms with Crippen molar-refractivity contribution in [1.82, 2.24) is 9.80 Å². The molecule has 11 heteroatoms. The number of hydrogen-bond acceptors (Lipinski definition) is 8. The minimum Gasteiger partial charge on any atom is -0.493 e. The summed E-state index contributed by atoms with van der Waals surface area (Å²) in [4.78, 5) is 40.5.